The molecule has 0 spiro atoms. The number of aliphatic carboxylic acids is 1. The van der Waals surface area contributed by atoms with Crippen molar-refractivity contribution in [1.82, 2.24) is 48.4 Å². The average molecular weight is 995 g/mol. The first-order valence-corrected chi connectivity index (χ1v) is 24.8. The number of ketones is 1. The Morgan fingerprint density at radius 2 is 1.42 bits per heavy atom. The molecule has 7 rings (SSSR count). The van der Waals surface area contributed by atoms with Crippen LogP contribution in [0.5, 0.6) is 11.5 Å². The summed E-state index contributed by atoms with van der Waals surface area (Å²) in [5.41, 5.74) is 16.6. The van der Waals surface area contributed by atoms with Crippen LogP contribution in [-0.4, -0.2) is 120 Å². The number of hydrogen-bond acceptors (Lipinski definition) is 14. The van der Waals surface area contributed by atoms with E-state index >= 15 is 0 Å². The first-order chi connectivity index (χ1) is 34.0. The Bertz CT molecular complexity index is 3280. The molecule has 0 bridgehead atoms. The molecule has 0 atom stereocenters. The number of nitrogens with two attached hydrogens (primary N) is 2. The standard InChI is InChI=1S/C48H58N12O10S/c1-6-59-36(21-29(3)55-59)38(61)27-41-53-35-24-32(46(50)65)26-40(69-18-11-14-52-71(66,67)20-10-13-42(62)63)44(35)57(41)15-8-9-16-58-43-33(23-31(45(49)64)25-39(43)70-19-12-17-68-5)34-28-51-47(54-48(34)58)37-22-30(4)56-60(37)7-2/h8-9,21-26,28,52H,6-7,10-20,27H2,1-5H3,(H2,49,64)(H2,50,65)(H,62,63)/b9-8+. The van der Waals surface area contributed by atoms with Crippen molar-refractivity contribution in [2.75, 3.05) is 39.2 Å². The number of ether oxygens (including phenoxy) is 3. The van der Waals surface area contributed by atoms with Crippen molar-refractivity contribution < 1.29 is 46.9 Å². The number of rotatable bonds is 27. The van der Waals surface area contributed by atoms with E-state index in [1.165, 1.54) is 12.1 Å². The fourth-order valence-corrected chi connectivity index (χ4v) is 9.43. The molecule has 5 aromatic heterocycles. The molecule has 0 aliphatic rings. The van der Waals surface area contributed by atoms with E-state index in [9.17, 15) is 27.6 Å². The minimum absolute atomic E-state index is 0.00113. The predicted molar refractivity (Wildman–Crippen MR) is 264 cm³/mol. The van der Waals surface area contributed by atoms with Gasteiger partial charge in [0, 0.05) is 87.4 Å². The van der Waals surface area contributed by atoms with Gasteiger partial charge in [-0.1, -0.05) is 12.2 Å². The van der Waals surface area contributed by atoms with Gasteiger partial charge in [-0.05, 0) is 76.9 Å². The summed E-state index contributed by atoms with van der Waals surface area (Å²) in [5, 5.41) is 19.3. The molecule has 22 nitrogen and oxygen atoms in total. The molecule has 23 heteroatoms. The second-order valence-corrected chi connectivity index (χ2v) is 18.7. The largest absolute Gasteiger partial charge is 0.491 e. The van der Waals surface area contributed by atoms with Gasteiger partial charge in [0.05, 0.1) is 47.8 Å². The molecule has 5 heterocycles. The number of carbonyl (C=O) groups excluding carboxylic acids is 3. The van der Waals surface area contributed by atoms with Crippen LogP contribution in [0.3, 0.4) is 0 Å². The van der Waals surface area contributed by atoms with Crippen LogP contribution in [0.4, 0.5) is 0 Å². The number of nitrogens with one attached hydrogen (secondary N) is 1. The smallest absolute Gasteiger partial charge is 0.303 e. The number of Topliss-reactive ketones (excluding diaryl/α,β-unsaturated/α-hetero) is 1. The zero-order chi connectivity index (χ0) is 51.0. The highest BCUT2D eigenvalue weighted by molar-refractivity contribution is 7.89. The predicted octanol–water partition coefficient (Wildman–Crippen LogP) is 4.50. The number of imidazole rings is 1. The molecule has 0 aliphatic carbocycles. The topological polar surface area (TPSA) is 299 Å². The first kappa shape index (κ1) is 51.4. The lowest BCUT2D eigenvalue weighted by molar-refractivity contribution is -0.137. The van der Waals surface area contributed by atoms with Gasteiger partial charge in [-0.3, -0.25) is 28.5 Å². The zero-order valence-corrected chi connectivity index (χ0v) is 41.1. The number of primary amides is 2. The van der Waals surface area contributed by atoms with Gasteiger partial charge in [0.15, 0.2) is 11.6 Å². The molecular formula is C48H58N12O10S. The first-order valence-electron chi connectivity index (χ1n) is 23.2. The van der Waals surface area contributed by atoms with Crippen LogP contribution in [0.15, 0.2) is 54.7 Å². The highest BCUT2D eigenvalue weighted by Crippen LogP contribution is 2.37. The summed E-state index contributed by atoms with van der Waals surface area (Å²) < 4.78 is 52.5. The number of nitrogens with zero attached hydrogens (tertiary/aromatic N) is 9. The van der Waals surface area contributed by atoms with Gasteiger partial charge in [-0.25, -0.2) is 28.1 Å². The van der Waals surface area contributed by atoms with Crippen molar-refractivity contribution in [2.45, 2.75) is 86.0 Å². The Hall–Kier alpha value is -7.50. The number of allylic oxidation sites excluding steroid dienone is 2. The maximum absolute atomic E-state index is 14.0. The van der Waals surface area contributed by atoms with Crippen molar-refractivity contribution >= 4 is 66.6 Å². The molecule has 7 aromatic rings. The molecule has 0 fully saturated rings. The monoisotopic (exact) mass is 994 g/mol. The van der Waals surface area contributed by atoms with E-state index in [1.807, 2.05) is 52.8 Å². The van der Waals surface area contributed by atoms with Gasteiger partial charge in [-0.15, -0.1) is 0 Å². The number of amides is 2. The maximum Gasteiger partial charge on any atom is 0.303 e. The number of carboxylic acids is 1. The minimum atomic E-state index is -3.73. The summed E-state index contributed by atoms with van der Waals surface area (Å²) in [6, 6.07) is 9.98. The van der Waals surface area contributed by atoms with E-state index in [1.54, 1.807) is 43.1 Å². The lowest BCUT2D eigenvalue weighted by Crippen LogP contribution is -2.28. The van der Waals surface area contributed by atoms with E-state index in [0.29, 0.717) is 87.9 Å². The van der Waals surface area contributed by atoms with Gasteiger partial charge in [-0.2, -0.15) is 10.2 Å². The van der Waals surface area contributed by atoms with E-state index in [4.69, 9.17) is 45.7 Å². The van der Waals surface area contributed by atoms with Crippen LogP contribution in [-0.2, 0) is 52.2 Å². The Morgan fingerprint density at radius 1 is 0.775 bits per heavy atom. The molecule has 0 saturated heterocycles. The highest BCUT2D eigenvalue weighted by atomic mass is 32.2. The van der Waals surface area contributed by atoms with Crippen molar-refractivity contribution in [3.63, 3.8) is 0 Å². The Kier molecular flexibility index (Phi) is 16.3. The van der Waals surface area contributed by atoms with E-state index in [2.05, 4.69) is 14.9 Å². The number of fused-ring (bicyclic) bond motifs is 4. The van der Waals surface area contributed by atoms with Crippen LogP contribution in [0.1, 0.15) is 87.9 Å². The minimum Gasteiger partial charge on any atom is -0.491 e. The number of carboxylic acid groups (broad SMARTS) is 1. The molecule has 376 valence electrons. The van der Waals surface area contributed by atoms with Crippen LogP contribution in [0.2, 0.25) is 0 Å². The van der Waals surface area contributed by atoms with Gasteiger partial charge in [0.2, 0.25) is 21.8 Å². The van der Waals surface area contributed by atoms with E-state index < -0.39 is 27.8 Å². The maximum atomic E-state index is 14.0. The number of sulfonamides is 1. The van der Waals surface area contributed by atoms with Crippen LogP contribution in [0.25, 0.3) is 44.5 Å². The van der Waals surface area contributed by atoms with Gasteiger partial charge in [0.25, 0.3) is 0 Å². The quantitative estimate of drug-likeness (QED) is 0.0313. The normalized spacial score (nSPS) is 12.0. The second-order valence-electron chi connectivity index (χ2n) is 16.8. The van der Waals surface area contributed by atoms with E-state index in [0.717, 1.165) is 11.4 Å². The molecular weight excluding hydrogens is 937 g/mol. The summed E-state index contributed by atoms with van der Waals surface area (Å²) in [6.07, 6.45) is 5.87. The molecule has 6 N–H and O–H groups in total. The SMILES string of the molecule is CCn1nc(C)cc1C(=O)Cc1nc2cc(C(N)=O)cc(OCCCNS(=O)(=O)CCCC(=O)O)c2n1C/C=C/Cn1c2nc(-c3cc(C)nn3CC)ncc2c2cc(C(N)=O)cc(OCCCOC)c21. The Balaban J connectivity index is 1.29. The van der Waals surface area contributed by atoms with Crippen LogP contribution >= 0.6 is 0 Å². The summed E-state index contributed by atoms with van der Waals surface area (Å²) in [7, 11) is -2.13. The molecule has 2 aromatic carbocycles. The van der Waals surface area contributed by atoms with Crippen molar-refractivity contribution in [3.05, 3.63) is 88.8 Å². The summed E-state index contributed by atoms with van der Waals surface area (Å²) in [6.45, 7) is 9.78. The number of aryl methyl sites for hydroxylation is 4. The summed E-state index contributed by atoms with van der Waals surface area (Å²) in [4.78, 5) is 65.0. The third kappa shape index (κ3) is 11.9. The van der Waals surface area contributed by atoms with Gasteiger partial charge >= 0.3 is 5.97 Å². The molecule has 0 aliphatic heterocycles. The number of hydrogen-bond donors (Lipinski definition) is 4. The average Bonchev–Trinajstić information content (AvgIpc) is 4.09. The molecule has 71 heavy (non-hydrogen) atoms. The third-order valence-electron chi connectivity index (χ3n) is 11.5. The number of benzene rings is 2. The summed E-state index contributed by atoms with van der Waals surface area (Å²) in [5.74, 6) is -1.60. The highest BCUT2D eigenvalue weighted by Gasteiger charge is 2.24. The lowest BCUT2D eigenvalue weighted by Gasteiger charge is -2.13. The molecule has 0 saturated carbocycles. The van der Waals surface area contributed by atoms with Gasteiger partial charge < -0.3 is 39.9 Å². The fraction of sp³-hybridized carbons (Fsp3) is 0.396. The number of carbonyl (C=O) groups is 4. The van der Waals surface area contributed by atoms with Crippen molar-refractivity contribution in [1.29, 1.82) is 0 Å². The van der Waals surface area contributed by atoms with Crippen LogP contribution < -0.4 is 25.7 Å². The summed E-state index contributed by atoms with van der Waals surface area (Å²) >= 11 is 0. The van der Waals surface area contributed by atoms with Crippen LogP contribution in [0, 0.1) is 13.8 Å². The number of methoxy groups -OCH3 is 1. The van der Waals surface area contributed by atoms with Crippen molar-refractivity contribution in [3.8, 4) is 23.0 Å². The fourth-order valence-electron chi connectivity index (χ4n) is 8.31. The molecule has 0 radical (unpaired) electrons. The van der Waals surface area contributed by atoms with Gasteiger partial charge in [0.1, 0.15) is 39.9 Å². The second kappa shape index (κ2) is 22.5. The Labute approximate surface area is 409 Å². The lowest BCUT2D eigenvalue weighted by atomic mass is 10.1. The molecule has 2 amide bonds. The zero-order valence-electron chi connectivity index (χ0n) is 40.3. The Morgan fingerprint density at radius 3 is 2.10 bits per heavy atom. The van der Waals surface area contributed by atoms with E-state index in [-0.39, 0.29) is 86.9 Å². The molecule has 0 unspecified atom stereocenters. The third-order valence-corrected chi connectivity index (χ3v) is 13.0. The van der Waals surface area contributed by atoms with Crippen molar-refractivity contribution in [2.24, 2.45) is 11.5 Å². The number of aromatic nitrogens is 9.